The smallest absolute Gasteiger partial charge is 0.143 e. The zero-order chi connectivity index (χ0) is 11.4. The van der Waals surface area contributed by atoms with Crippen molar-refractivity contribution >= 4 is 0 Å². The lowest BCUT2D eigenvalue weighted by molar-refractivity contribution is 0.111. The predicted octanol–water partition coefficient (Wildman–Crippen LogP) is 1.05. The molecule has 0 saturated carbocycles. The molecule has 1 aliphatic rings. The number of aromatic nitrogens is 1. The van der Waals surface area contributed by atoms with Gasteiger partial charge >= 0.3 is 0 Å². The Hall–Kier alpha value is -1.13. The lowest BCUT2D eigenvalue weighted by Gasteiger charge is -2.29. The van der Waals surface area contributed by atoms with Gasteiger partial charge in [0.15, 0.2) is 0 Å². The number of hydrogen-bond acceptors (Lipinski definition) is 4. The Bertz CT molecular complexity index is 336. The number of pyridine rings is 1. The third-order valence-electron chi connectivity index (χ3n) is 3.00. The van der Waals surface area contributed by atoms with E-state index in [0.717, 1.165) is 37.2 Å². The molecule has 1 fully saturated rings. The summed E-state index contributed by atoms with van der Waals surface area (Å²) < 4.78 is 5.88. The standard InChI is InChI=1S/C12H18N2O2/c1-14-6-3-11(4-7-14)16-12-8-13-5-2-10(12)9-15/h2,5,8,11,15H,3-4,6-7,9H2,1H3. The van der Waals surface area contributed by atoms with Gasteiger partial charge in [0.05, 0.1) is 12.8 Å². The molecule has 0 aromatic carbocycles. The second kappa shape index (κ2) is 5.27. The molecule has 2 heterocycles. The lowest BCUT2D eigenvalue weighted by atomic mass is 10.1. The second-order valence-electron chi connectivity index (χ2n) is 4.26. The van der Waals surface area contributed by atoms with Gasteiger partial charge < -0.3 is 14.7 Å². The summed E-state index contributed by atoms with van der Waals surface area (Å²) in [6.07, 6.45) is 5.69. The van der Waals surface area contributed by atoms with E-state index in [9.17, 15) is 5.11 Å². The molecule has 1 N–H and O–H groups in total. The van der Waals surface area contributed by atoms with E-state index < -0.39 is 0 Å². The van der Waals surface area contributed by atoms with E-state index >= 15 is 0 Å². The van der Waals surface area contributed by atoms with Crippen LogP contribution < -0.4 is 4.74 Å². The number of piperidine rings is 1. The normalized spacial score (nSPS) is 18.6. The number of likely N-dealkylation sites (tertiary alicyclic amines) is 1. The molecule has 4 nitrogen and oxygen atoms in total. The molecule has 4 heteroatoms. The second-order valence-corrected chi connectivity index (χ2v) is 4.26. The van der Waals surface area contributed by atoms with Crippen LogP contribution in [-0.4, -0.2) is 41.2 Å². The Morgan fingerprint density at radius 2 is 2.25 bits per heavy atom. The van der Waals surface area contributed by atoms with Crippen LogP contribution in [0.3, 0.4) is 0 Å². The molecular formula is C12H18N2O2. The van der Waals surface area contributed by atoms with Gasteiger partial charge in [-0.2, -0.15) is 0 Å². The first-order valence-electron chi connectivity index (χ1n) is 5.68. The van der Waals surface area contributed by atoms with Crippen molar-refractivity contribution in [2.24, 2.45) is 0 Å². The van der Waals surface area contributed by atoms with Gasteiger partial charge in [-0.05, 0) is 26.0 Å². The maximum atomic E-state index is 9.17. The third-order valence-corrected chi connectivity index (χ3v) is 3.00. The topological polar surface area (TPSA) is 45.6 Å². The van der Waals surface area contributed by atoms with Crippen molar-refractivity contribution in [1.29, 1.82) is 0 Å². The van der Waals surface area contributed by atoms with Gasteiger partial charge in [-0.3, -0.25) is 4.98 Å². The third kappa shape index (κ3) is 2.71. The largest absolute Gasteiger partial charge is 0.488 e. The van der Waals surface area contributed by atoms with Crippen LogP contribution in [-0.2, 0) is 6.61 Å². The lowest BCUT2D eigenvalue weighted by Crippen LogP contribution is -2.35. The van der Waals surface area contributed by atoms with E-state index in [4.69, 9.17) is 4.74 Å². The Morgan fingerprint density at radius 3 is 2.94 bits per heavy atom. The molecule has 0 radical (unpaired) electrons. The molecule has 16 heavy (non-hydrogen) atoms. The number of aliphatic hydroxyl groups excluding tert-OH is 1. The number of hydrogen-bond donors (Lipinski definition) is 1. The van der Waals surface area contributed by atoms with Crippen LogP contribution in [0, 0.1) is 0 Å². The summed E-state index contributed by atoms with van der Waals surface area (Å²) in [5, 5.41) is 9.17. The molecule has 0 spiro atoms. The fourth-order valence-corrected chi connectivity index (χ4v) is 1.93. The summed E-state index contributed by atoms with van der Waals surface area (Å²) in [5.41, 5.74) is 0.814. The van der Waals surface area contributed by atoms with E-state index in [1.54, 1.807) is 18.5 Å². The van der Waals surface area contributed by atoms with Crippen molar-refractivity contribution in [1.82, 2.24) is 9.88 Å². The van der Waals surface area contributed by atoms with Crippen molar-refractivity contribution < 1.29 is 9.84 Å². The highest BCUT2D eigenvalue weighted by atomic mass is 16.5. The van der Waals surface area contributed by atoms with Gasteiger partial charge in [-0.25, -0.2) is 0 Å². The van der Waals surface area contributed by atoms with Crippen LogP contribution in [0.15, 0.2) is 18.5 Å². The molecule has 2 rings (SSSR count). The van der Waals surface area contributed by atoms with Crippen LogP contribution in [0.5, 0.6) is 5.75 Å². The monoisotopic (exact) mass is 222 g/mol. The van der Waals surface area contributed by atoms with Crippen molar-refractivity contribution in [3.63, 3.8) is 0 Å². The first-order valence-corrected chi connectivity index (χ1v) is 5.68. The summed E-state index contributed by atoms with van der Waals surface area (Å²) >= 11 is 0. The maximum absolute atomic E-state index is 9.17. The zero-order valence-electron chi connectivity index (χ0n) is 9.59. The molecule has 1 aliphatic heterocycles. The first-order chi connectivity index (χ1) is 7.79. The average Bonchev–Trinajstić information content (AvgIpc) is 2.33. The van der Waals surface area contributed by atoms with Crippen LogP contribution in [0.2, 0.25) is 0 Å². The van der Waals surface area contributed by atoms with Gasteiger partial charge in [0, 0.05) is 24.8 Å². The summed E-state index contributed by atoms with van der Waals surface area (Å²) in [4.78, 5) is 6.33. The van der Waals surface area contributed by atoms with Gasteiger partial charge in [0.2, 0.25) is 0 Å². The van der Waals surface area contributed by atoms with Crippen molar-refractivity contribution in [2.45, 2.75) is 25.6 Å². The zero-order valence-corrected chi connectivity index (χ0v) is 9.59. The van der Waals surface area contributed by atoms with Gasteiger partial charge in [-0.1, -0.05) is 0 Å². The minimum absolute atomic E-state index is 0.00444. The van der Waals surface area contributed by atoms with Gasteiger partial charge in [-0.15, -0.1) is 0 Å². The fraction of sp³-hybridized carbons (Fsp3) is 0.583. The maximum Gasteiger partial charge on any atom is 0.143 e. The Morgan fingerprint density at radius 1 is 1.50 bits per heavy atom. The highest BCUT2D eigenvalue weighted by molar-refractivity contribution is 5.29. The minimum Gasteiger partial charge on any atom is -0.488 e. The molecule has 0 aliphatic carbocycles. The summed E-state index contributed by atoms with van der Waals surface area (Å²) in [6, 6.07) is 1.80. The Kier molecular flexibility index (Phi) is 3.74. The Labute approximate surface area is 95.9 Å². The minimum atomic E-state index is 0.00444. The highest BCUT2D eigenvalue weighted by Gasteiger charge is 2.18. The predicted molar refractivity (Wildman–Crippen MR) is 61.3 cm³/mol. The van der Waals surface area contributed by atoms with E-state index in [0.29, 0.717) is 0 Å². The number of nitrogens with zero attached hydrogens (tertiary/aromatic N) is 2. The first kappa shape index (κ1) is 11.4. The average molecular weight is 222 g/mol. The summed E-state index contributed by atoms with van der Waals surface area (Å²) in [7, 11) is 2.12. The number of rotatable bonds is 3. The summed E-state index contributed by atoms with van der Waals surface area (Å²) in [5.74, 6) is 0.722. The van der Waals surface area contributed by atoms with Crippen LogP contribution in [0.1, 0.15) is 18.4 Å². The highest BCUT2D eigenvalue weighted by Crippen LogP contribution is 2.21. The van der Waals surface area contributed by atoms with E-state index in [2.05, 4.69) is 16.9 Å². The summed E-state index contributed by atoms with van der Waals surface area (Å²) in [6.45, 7) is 2.14. The van der Waals surface area contributed by atoms with Crippen LogP contribution in [0.25, 0.3) is 0 Å². The fourth-order valence-electron chi connectivity index (χ4n) is 1.93. The van der Waals surface area contributed by atoms with Gasteiger partial charge in [0.25, 0.3) is 0 Å². The number of ether oxygens (including phenoxy) is 1. The Balaban J connectivity index is 1.98. The van der Waals surface area contributed by atoms with E-state index in [-0.39, 0.29) is 12.7 Å². The van der Waals surface area contributed by atoms with Crippen molar-refractivity contribution in [2.75, 3.05) is 20.1 Å². The van der Waals surface area contributed by atoms with Crippen LogP contribution in [0.4, 0.5) is 0 Å². The molecular weight excluding hydrogens is 204 g/mol. The molecule has 1 aromatic rings. The van der Waals surface area contributed by atoms with E-state index in [1.807, 2.05) is 0 Å². The van der Waals surface area contributed by atoms with Crippen molar-refractivity contribution in [3.8, 4) is 5.75 Å². The van der Waals surface area contributed by atoms with Crippen molar-refractivity contribution in [3.05, 3.63) is 24.0 Å². The quantitative estimate of drug-likeness (QED) is 0.830. The van der Waals surface area contributed by atoms with E-state index in [1.165, 1.54) is 0 Å². The number of aliphatic hydroxyl groups is 1. The molecule has 0 atom stereocenters. The molecule has 0 bridgehead atoms. The molecule has 0 amide bonds. The molecule has 1 saturated heterocycles. The molecule has 1 aromatic heterocycles. The molecule has 88 valence electrons. The van der Waals surface area contributed by atoms with Crippen LogP contribution >= 0.6 is 0 Å². The molecule has 0 unspecified atom stereocenters. The SMILES string of the molecule is CN1CCC(Oc2cnccc2CO)CC1. The van der Waals surface area contributed by atoms with Gasteiger partial charge in [0.1, 0.15) is 11.9 Å².